The topological polar surface area (TPSA) is 12.0 Å². The molecule has 1 aliphatic rings. The van der Waals surface area contributed by atoms with E-state index in [-0.39, 0.29) is 5.54 Å². The average molecular weight is 251 g/mol. The lowest BCUT2D eigenvalue weighted by molar-refractivity contribution is 0.397. The van der Waals surface area contributed by atoms with Crippen molar-refractivity contribution in [1.82, 2.24) is 5.32 Å². The third kappa shape index (κ3) is 2.43. The molecule has 1 heteroatoms. The van der Waals surface area contributed by atoms with Crippen LogP contribution in [0.25, 0.3) is 0 Å². The smallest absolute Gasteiger partial charge is 0.0331 e. The van der Waals surface area contributed by atoms with E-state index in [1.165, 1.54) is 17.5 Å². The minimum atomic E-state index is 0.141. The lowest BCUT2D eigenvalue weighted by Gasteiger charge is -2.27. The molecule has 2 unspecified atom stereocenters. The summed E-state index contributed by atoms with van der Waals surface area (Å²) in [5, 5.41) is 3.80. The van der Waals surface area contributed by atoms with Gasteiger partial charge in [0, 0.05) is 17.5 Å². The van der Waals surface area contributed by atoms with E-state index in [2.05, 4.69) is 79.8 Å². The molecule has 19 heavy (non-hydrogen) atoms. The van der Waals surface area contributed by atoms with Crippen LogP contribution >= 0.6 is 0 Å². The third-order valence-electron chi connectivity index (χ3n) is 4.29. The lowest BCUT2D eigenvalue weighted by Crippen LogP contribution is -2.37. The molecule has 1 fully saturated rings. The van der Waals surface area contributed by atoms with E-state index >= 15 is 0 Å². The monoisotopic (exact) mass is 251 g/mol. The summed E-state index contributed by atoms with van der Waals surface area (Å²) in [4.78, 5) is 0. The van der Waals surface area contributed by atoms with Gasteiger partial charge in [-0.05, 0) is 31.4 Å². The van der Waals surface area contributed by atoms with Gasteiger partial charge in [-0.25, -0.2) is 0 Å². The summed E-state index contributed by atoms with van der Waals surface area (Å²) in [5.41, 5.74) is 2.98. The Bertz CT molecular complexity index is 530. The van der Waals surface area contributed by atoms with E-state index in [0.29, 0.717) is 12.0 Å². The van der Waals surface area contributed by atoms with Crippen LogP contribution in [-0.2, 0) is 0 Å². The minimum absolute atomic E-state index is 0.141. The molecule has 0 spiro atoms. The molecule has 0 amide bonds. The summed E-state index contributed by atoms with van der Waals surface area (Å²) in [5.74, 6) is 0.568. The molecule has 1 aliphatic heterocycles. The summed E-state index contributed by atoms with van der Waals surface area (Å²) in [7, 11) is 0. The van der Waals surface area contributed by atoms with Crippen molar-refractivity contribution < 1.29 is 0 Å². The van der Waals surface area contributed by atoms with Gasteiger partial charge in [0.15, 0.2) is 0 Å². The van der Waals surface area contributed by atoms with Crippen molar-refractivity contribution in [2.24, 2.45) is 0 Å². The van der Waals surface area contributed by atoms with Crippen molar-refractivity contribution in [3.8, 4) is 0 Å². The molecule has 0 aromatic heterocycles. The van der Waals surface area contributed by atoms with Crippen LogP contribution in [0.2, 0.25) is 0 Å². The van der Waals surface area contributed by atoms with Crippen LogP contribution in [0.3, 0.4) is 0 Å². The molecular formula is C18H21N. The van der Waals surface area contributed by atoms with Crippen LogP contribution in [0.1, 0.15) is 43.4 Å². The molecule has 1 N–H and O–H groups in total. The lowest BCUT2D eigenvalue weighted by atomic mass is 9.82. The van der Waals surface area contributed by atoms with Crippen molar-refractivity contribution in [2.75, 3.05) is 0 Å². The van der Waals surface area contributed by atoms with E-state index in [4.69, 9.17) is 0 Å². The maximum Gasteiger partial charge on any atom is 0.0331 e. The maximum atomic E-state index is 3.80. The highest BCUT2D eigenvalue weighted by atomic mass is 15.0. The fraction of sp³-hybridized carbons (Fsp3) is 0.333. The molecule has 1 heterocycles. The molecule has 2 atom stereocenters. The van der Waals surface area contributed by atoms with Gasteiger partial charge in [0.25, 0.3) is 0 Å². The van der Waals surface area contributed by atoms with Crippen LogP contribution < -0.4 is 5.32 Å². The largest absolute Gasteiger partial charge is 0.304 e. The Balaban J connectivity index is 1.88. The van der Waals surface area contributed by atoms with Crippen LogP contribution in [0.5, 0.6) is 0 Å². The van der Waals surface area contributed by atoms with E-state index in [0.717, 1.165) is 0 Å². The van der Waals surface area contributed by atoms with Crippen molar-refractivity contribution in [3.05, 3.63) is 71.8 Å². The molecule has 2 aromatic rings. The molecule has 0 bridgehead atoms. The molecular weight excluding hydrogens is 230 g/mol. The fourth-order valence-electron chi connectivity index (χ4n) is 3.28. The zero-order chi connectivity index (χ0) is 13.3. The second-order valence-corrected chi connectivity index (χ2v) is 6.03. The highest BCUT2D eigenvalue weighted by molar-refractivity contribution is 5.29. The van der Waals surface area contributed by atoms with Crippen LogP contribution in [0, 0.1) is 0 Å². The Morgan fingerprint density at radius 2 is 1.37 bits per heavy atom. The zero-order valence-electron chi connectivity index (χ0n) is 11.6. The van der Waals surface area contributed by atoms with Crippen molar-refractivity contribution in [1.29, 1.82) is 0 Å². The van der Waals surface area contributed by atoms with Crippen molar-refractivity contribution in [3.63, 3.8) is 0 Å². The number of hydrogen-bond acceptors (Lipinski definition) is 1. The number of hydrogen-bond donors (Lipinski definition) is 1. The molecule has 3 rings (SSSR count). The van der Waals surface area contributed by atoms with Gasteiger partial charge in [0.05, 0.1) is 0 Å². The van der Waals surface area contributed by atoms with Gasteiger partial charge < -0.3 is 5.32 Å². The third-order valence-corrected chi connectivity index (χ3v) is 4.29. The van der Waals surface area contributed by atoms with Gasteiger partial charge in [-0.15, -0.1) is 0 Å². The first-order chi connectivity index (χ1) is 9.17. The highest BCUT2D eigenvalue weighted by Crippen LogP contribution is 2.43. The van der Waals surface area contributed by atoms with E-state index in [1.54, 1.807) is 0 Å². The van der Waals surface area contributed by atoms with Gasteiger partial charge >= 0.3 is 0 Å². The SMILES string of the molecule is CC1(C)NC(c2ccccc2)CC1c1ccccc1. The Kier molecular flexibility index (Phi) is 3.16. The van der Waals surface area contributed by atoms with Crippen LogP contribution in [0.4, 0.5) is 0 Å². The Hall–Kier alpha value is -1.60. The molecule has 1 nitrogen and oxygen atoms in total. The van der Waals surface area contributed by atoms with Gasteiger partial charge in [-0.1, -0.05) is 60.7 Å². The van der Waals surface area contributed by atoms with Crippen LogP contribution in [-0.4, -0.2) is 5.54 Å². The van der Waals surface area contributed by atoms with Gasteiger partial charge in [-0.3, -0.25) is 0 Å². The number of benzene rings is 2. The van der Waals surface area contributed by atoms with Crippen molar-refractivity contribution >= 4 is 0 Å². The summed E-state index contributed by atoms with van der Waals surface area (Å²) in [6.07, 6.45) is 1.17. The van der Waals surface area contributed by atoms with Gasteiger partial charge in [-0.2, -0.15) is 0 Å². The molecule has 0 saturated carbocycles. The predicted molar refractivity (Wildman–Crippen MR) is 80.2 cm³/mol. The molecule has 0 aliphatic carbocycles. The van der Waals surface area contributed by atoms with Crippen molar-refractivity contribution in [2.45, 2.75) is 37.8 Å². The molecule has 1 saturated heterocycles. The maximum absolute atomic E-state index is 3.80. The van der Waals surface area contributed by atoms with Crippen LogP contribution in [0.15, 0.2) is 60.7 Å². The summed E-state index contributed by atoms with van der Waals surface area (Å²) in [6, 6.07) is 22.1. The first kappa shape index (κ1) is 12.4. The first-order valence-electron chi connectivity index (χ1n) is 7.04. The van der Waals surface area contributed by atoms with Gasteiger partial charge in [0.1, 0.15) is 0 Å². The standard InChI is InChI=1S/C18H21N/c1-18(2)16(14-9-5-3-6-10-14)13-17(19-18)15-11-7-4-8-12-15/h3-12,16-17,19H,13H2,1-2H3. The Morgan fingerprint density at radius 3 is 1.95 bits per heavy atom. The quantitative estimate of drug-likeness (QED) is 0.840. The molecule has 98 valence electrons. The Labute approximate surface area is 115 Å². The number of rotatable bonds is 2. The highest BCUT2D eigenvalue weighted by Gasteiger charge is 2.40. The normalized spacial score (nSPS) is 25.4. The summed E-state index contributed by atoms with van der Waals surface area (Å²) >= 11 is 0. The summed E-state index contributed by atoms with van der Waals surface area (Å²) in [6.45, 7) is 4.63. The molecule has 2 aromatic carbocycles. The van der Waals surface area contributed by atoms with E-state index in [9.17, 15) is 0 Å². The number of nitrogens with one attached hydrogen (secondary N) is 1. The summed E-state index contributed by atoms with van der Waals surface area (Å²) < 4.78 is 0. The van der Waals surface area contributed by atoms with Gasteiger partial charge in [0.2, 0.25) is 0 Å². The second kappa shape index (κ2) is 4.82. The fourth-order valence-corrected chi connectivity index (χ4v) is 3.28. The zero-order valence-corrected chi connectivity index (χ0v) is 11.6. The minimum Gasteiger partial charge on any atom is -0.304 e. The second-order valence-electron chi connectivity index (χ2n) is 6.03. The Morgan fingerprint density at radius 1 is 0.842 bits per heavy atom. The molecule has 0 radical (unpaired) electrons. The van der Waals surface area contributed by atoms with E-state index in [1.807, 2.05) is 0 Å². The predicted octanol–water partition coefficient (Wildman–Crippen LogP) is 4.28. The average Bonchev–Trinajstić information content (AvgIpc) is 2.77. The first-order valence-corrected chi connectivity index (χ1v) is 7.04. The van der Waals surface area contributed by atoms with E-state index < -0.39 is 0 Å².